The van der Waals surface area contributed by atoms with Gasteiger partial charge in [0.25, 0.3) is 0 Å². The summed E-state index contributed by atoms with van der Waals surface area (Å²) in [7, 11) is 3.00. The summed E-state index contributed by atoms with van der Waals surface area (Å²) in [4.78, 5) is 36.6. The average molecular weight is 569 g/mol. The van der Waals surface area contributed by atoms with Crippen LogP contribution in [0.25, 0.3) is 16.6 Å². The van der Waals surface area contributed by atoms with Crippen LogP contribution in [0.5, 0.6) is 11.6 Å². The number of carbonyl (C=O) groups excluding carboxylic acids is 2. The molecule has 4 aromatic rings. The first-order chi connectivity index (χ1) is 20.5. The van der Waals surface area contributed by atoms with Crippen molar-refractivity contribution in [3.63, 3.8) is 0 Å². The Kier molecular flexibility index (Phi) is 7.87. The van der Waals surface area contributed by atoms with Crippen molar-refractivity contribution in [2.75, 3.05) is 27.4 Å². The number of rotatable bonds is 10. The summed E-state index contributed by atoms with van der Waals surface area (Å²) < 4.78 is 24.0. The highest BCUT2D eigenvalue weighted by Gasteiger charge is 2.26. The van der Waals surface area contributed by atoms with Crippen molar-refractivity contribution < 1.29 is 28.5 Å². The molecule has 6 rings (SSSR count). The number of esters is 1. The van der Waals surface area contributed by atoms with Gasteiger partial charge >= 0.3 is 5.97 Å². The summed E-state index contributed by atoms with van der Waals surface area (Å²) in [6.07, 6.45) is 5.03. The van der Waals surface area contributed by atoms with Crippen LogP contribution >= 0.6 is 0 Å². The predicted octanol–water partition coefficient (Wildman–Crippen LogP) is 4.41. The Hall–Kier alpha value is -4.70. The van der Waals surface area contributed by atoms with Crippen LogP contribution in [-0.4, -0.2) is 64.8 Å². The lowest BCUT2D eigenvalue weighted by molar-refractivity contribution is -0.127. The molecule has 1 fully saturated rings. The van der Waals surface area contributed by atoms with Crippen LogP contribution in [0.3, 0.4) is 0 Å². The highest BCUT2D eigenvalue weighted by molar-refractivity contribution is 5.97. The summed E-state index contributed by atoms with van der Waals surface area (Å²) in [6.45, 7) is 2.54. The number of hydrogen-bond donors (Lipinski definition) is 0. The standard InChI is InChI=1S/C32H32N4O6/c1-39-24-8-5-21(6-9-24)20-42-31-26(4-3-13-33-31)22-11-14-35(30(37)17-22)19-29-34-27-10-7-23(32(38)40-2)16-28(27)36(29)18-25-12-15-41-25/h3-10,13,16-17,25H,11-12,14-15,18-20H2,1-2H3/t25-/m0/s1. The Morgan fingerprint density at radius 1 is 1.12 bits per heavy atom. The molecule has 10 heteroatoms. The molecule has 1 saturated heterocycles. The fourth-order valence-corrected chi connectivity index (χ4v) is 5.22. The van der Waals surface area contributed by atoms with E-state index in [2.05, 4.69) is 9.55 Å². The van der Waals surface area contributed by atoms with Crippen molar-refractivity contribution in [3.05, 3.63) is 89.4 Å². The van der Waals surface area contributed by atoms with Crippen LogP contribution in [0.1, 0.15) is 40.2 Å². The molecule has 0 spiro atoms. The third-order valence-corrected chi connectivity index (χ3v) is 7.67. The first-order valence-electron chi connectivity index (χ1n) is 13.9. The average Bonchev–Trinajstić information content (AvgIpc) is 3.34. The molecule has 2 aliphatic heterocycles. The molecule has 0 aliphatic carbocycles. The van der Waals surface area contributed by atoms with Gasteiger partial charge in [0.05, 0.1) is 50.0 Å². The Labute approximate surface area is 243 Å². The molecule has 0 bridgehead atoms. The fourth-order valence-electron chi connectivity index (χ4n) is 5.22. The first-order valence-corrected chi connectivity index (χ1v) is 13.9. The smallest absolute Gasteiger partial charge is 0.337 e. The van der Waals surface area contributed by atoms with Gasteiger partial charge in [-0.15, -0.1) is 0 Å². The Bertz CT molecular complexity index is 1640. The zero-order valence-electron chi connectivity index (χ0n) is 23.6. The van der Waals surface area contributed by atoms with Crippen molar-refractivity contribution in [1.82, 2.24) is 19.4 Å². The molecule has 10 nitrogen and oxygen atoms in total. The monoisotopic (exact) mass is 568 g/mol. The molecule has 1 amide bonds. The van der Waals surface area contributed by atoms with Gasteiger partial charge in [0.15, 0.2) is 0 Å². The summed E-state index contributed by atoms with van der Waals surface area (Å²) >= 11 is 0. The topological polar surface area (TPSA) is 105 Å². The van der Waals surface area contributed by atoms with E-state index in [0.717, 1.165) is 52.3 Å². The number of hydrogen-bond acceptors (Lipinski definition) is 8. The van der Waals surface area contributed by atoms with Gasteiger partial charge in [-0.2, -0.15) is 0 Å². The molecule has 42 heavy (non-hydrogen) atoms. The van der Waals surface area contributed by atoms with Crippen LogP contribution in [0.15, 0.2) is 66.9 Å². The molecule has 0 radical (unpaired) electrons. The van der Waals surface area contributed by atoms with Crippen molar-refractivity contribution in [3.8, 4) is 11.6 Å². The lowest BCUT2D eigenvalue weighted by Crippen LogP contribution is -2.36. The lowest BCUT2D eigenvalue weighted by Gasteiger charge is -2.29. The largest absolute Gasteiger partial charge is 0.497 e. The maximum atomic E-state index is 13.4. The second-order valence-corrected chi connectivity index (χ2v) is 10.3. The molecule has 2 aromatic heterocycles. The second kappa shape index (κ2) is 12.0. The van der Waals surface area contributed by atoms with Crippen LogP contribution < -0.4 is 9.47 Å². The quantitative estimate of drug-likeness (QED) is 0.259. The molecular weight excluding hydrogens is 536 g/mol. The number of amides is 1. The Balaban J connectivity index is 1.21. The van der Waals surface area contributed by atoms with Crippen molar-refractivity contribution in [1.29, 1.82) is 0 Å². The molecule has 4 heterocycles. The van der Waals surface area contributed by atoms with E-state index in [1.54, 1.807) is 36.4 Å². The number of carbonyl (C=O) groups is 2. The van der Waals surface area contributed by atoms with E-state index in [1.807, 2.05) is 42.5 Å². The van der Waals surface area contributed by atoms with Gasteiger partial charge in [-0.1, -0.05) is 12.1 Å². The van der Waals surface area contributed by atoms with Gasteiger partial charge in [0, 0.05) is 31.0 Å². The summed E-state index contributed by atoms with van der Waals surface area (Å²) in [5.41, 5.74) is 4.71. The van der Waals surface area contributed by atoms with Crippen LogP contribution in [0, 0.1) is 0 Å². The Morgan fingerprint density at radius 3 is 2.67 bits per heavy atom. The van der Waals surface area contributed by atoms with E-state index in [-0.39, 0.29) is 12.0 Å². The number of pyridine rings is 1. The number of ether oxygens (including phenoxy) is 4. The lowest BCUT2D eigenvalue weighted by atomic mass is 10.00. The molecule has 1 atom stereocenters. The number of fused-ring (bicyclic) bond motifs is 1. The van der Waals surface area contributed by atoms with Gasteiger partial charge in [-0.3, -0.25) is 4.79 Å². The second-order valence-electron chi connectivity index (χ2n) is 10.3. The third-order valence-electron chi connectivity index (χ3n) is 7.67. The van der Waals surface area contributed by atoms with E-state index in [4.69, 9.17) is 23.9 Å². The zero-order chi connectivity index (χ0) is 29.1. The maximum absolute atomic E-state index is 13.4. The van der Waals surface area contributed by atoms with Crippen molar-refractivity contribution in [2.45, 2.75) is 38.6 Å². The maximum Gasteiger partial charge on any atom is 0.337 e. The SMILES string of the molecule is COC(=O)c1ccc2nc(CN3CCC(c4cccnc4OCc4ccc(OC)cc4)=CC3=O)n(C[C@@H]3CCO3)c2c1. The van der Waals surface area contributed by atoms with E-state index in [9.17, 15) is 9.59 Å². The summed E-state index contributed by atoms with van der Waals surface area (Å²) in [5, 5.41) is 0. The van der Waals surface area contributed by atoms with E-state index >= 15 is 0 Å². The zero-order valence-corrected chi connectivity index (χ0v) is 23.6. The molecular formula is C32H32N4O6. The van der Waals surface area contributed by atoms with E-state index < -0.39 is 5.97 Å². The van der Waals surface area contributed by atoms with E-state index in [0.29, 0.717) is 44.1 Å². The highest BCUT2D eigenvalue weighted by Crippen LogP contribution is 2.31. The molecule has 2 aromatic carbocycles. The minimum Gasteiger partial charge on any atom is -0.497 e. The van der Waals surface area contributed by atoms with Gasteiger partial charge in [-0.25, -0.2) is 14.8 Å². The molecule has 0 saturated carbocycles. The number of methoxy groups -OCH3 is 2. The highest BCUT2D eigenvalue weighted by atomic mass is 16.5. The predicted molar refractivity (Wildman–Crippen MR) is 155 cm³/mol. The van der Waals surface area contributed by atoms with Crippen LogP contribution in [0.2, 0.25) is 0 Å². The van der Waals surface area contributed by atoms with Crippen molar-refractivity contribution >= 4 is 28.5 Å². The number of aromatic nitrogens is 3. The van der Waals surface area contributed by atoms with E-state index in [1.165, 1.54) is 7.11 Å². The minimum absolute atomic E-state index is 0.0772. The minimum atomic E-state index is -0.405. The van der Waals surface area contributed by atoms with Gasteiger partial charge in [-0.05, 0) is 66.4 Å². The van der Waals surface area contributed by atoms with Gasteiger partial charge in [0.2, 0.25) is 11.8 Å². The number of imidazole rings is 1. The van der Waals surface area contributed by atoms with Crippen molar-refractivity contribution in [2.24, 2.45) is 0 Å². The molecule has 0 N–H and O–H groups in total. The normalized spacial score (nSPS) is 16.6. The van der Waals surface area contributed by atoms with Crippen LogP contribution in [-0.2, 0) is 34.0 Å². The summed E-state index contributed by atoms with van der Waals surface area (Å²) in [6, 6.07) is 16.8. The fraction of sp³-hybridized carbons (Fsp3) is 0.312. The molecule has 2 aliphatic rings. The third kappa shape index (κ3) is 5.71. The molecule has 0 unspecified atom stereocenters. The molecule has 216 valence electrons. The number of benzene rings is 2. The number of nitrogens with zero attached hydrogens (tertiary/aromatic N) is 4. The van der Waals surface area contributed by atoms with Crippen LogP contribution in [0.4, 0.5) is 0 Å². The van der Waals surface area contributed by atoms with Gasteiger partial charge in [0.1, 0.15) is 18.2 Å². The van der Waals surface area contributed by atoms with Gasteiger partial charge < -0.3 is 28.4 Å². The Morgan fingerprint density at radius 2 is 1.95 bits per heavy atom. The first kappa shape index (κ1) is 27.5. The summed E-state index contributed by atoms with van der Waals surface area (Å²) in [5.74, 6) is 1.51.